The maximum atomic E-state index is 13.3. The molecule has 3 heteroatoms. The Morgan fingerprint density at radius 1 is 0.857 bits per heavy atom. The lowest BCUT2D eigenvalue weighted by atomic mass is 10.2. The summed E-state index contributed by atoms with van der Waals surface area (Å²) in [5.41, 5.74) is 1.30. The topological polar surface area (TPSA) is 3.24 Å². The Balaban J connectivity index is 2.06. The molecule has 2 aromatic rings. The van der Waals surface area contributed by atoms with Crippen molar-refractivity contribution in [3.05, 3.63) is 59.9 Å². The predicted octanol–water partition coefficient (Wildman–Crippen LogP) is 2.64. The van der Waals surface area contributed by atoms with E-state index in [0.29, 0.717) is 0 Å². The number of benzene rings is 2. The van der Waals surface area contributed by atoms with E-state index in [-0.39, 0.29) is 5.82 Å². The summed E-state index contributed by atoms with van der Waals surface area (Å²) in [7, 11) is 0.462. The lowest BCUT2D eigenvalue weighted by Gasteiger charge is -2.40. The normalized spacial score (nSPS) is 18.6. The van der Waals surface area contributed by atoms with Crippen molar-refractivity contribution >= 4 is 18.4 Å². The molecule has 1 nitrogen and oxygen atoms in total. The van der Waals surface area contributed by atoms with Gasteiger partial charge in [0.25, 0.3) is 0 Å². The Morgan fingerprint density at radius 3 is 1.86 bits per heavy atom. The highest BCUT2D eigenvalue weighted by molar-refractivity contribution is 7.02. The highest BCUT2D eigenvalue weighted by Crippen LogP contribution is 2.22. The van der Waals surface area contributed by atoms with E-state index >= 15 is 0 Å². The van der Waals surface area contributed by atoms with Crippen LogP contribution in [-0.4, -0.2) is 33.1 Å². The molecule has 0 saturated carbocycles. The highest BCUT2D eigenvalue weighted by atomic mass is 28.3. The van der Waals surface area contributed by atoms with Crippen LogP contribution in [0.5, 0.6) is 0 Å². The maximum absolute atomic E-state index is 13.3. The minimum Gasteiger partial charge on any atom is -0.307 e. The van der Waals surface area contributed by atoms with Crippen molar-refractivity contribution in [1.29, 1.82) is 0 Å². The Hall–Kier alpha value is -1.45. The molecule has 0 spiro atoms. The van der Waals surface area contributed by atoms with Crippen molar-refractivity contribution in [3.63, 3.8) is 0 Å². The van der Waals surface area contributed by atoms with Crippen LogP contribution in [0.25, 0.3) is 0 Å². The van der Waals surface area contributed by atoms with Gasteiger partial charge < -0.3 is 4.90 Å². The molecular formula is C18H22FNSi. The molecule has 1 fully saturated rings. The second kappa shape index (κ2) is 5.74. The summed E-state index contributed by atoms with van der Waals surface area (Å²) in [6.07, 6.45) is 0. The maximum Gasteiger partial charge on any atom is 0.123 e. The number of hydrogen-bond acceptors (Lipinski definition) is 1. The van der Waals surface area contributed by atoms with Crippen LogP contribution < -0.4 is 10.4 Å². The van der Waals surface area contributed by atoms with Crippen molar-refractivity contribution in [2.24, 2.45) is 0 Å². The number of halogens is 1. The zero-order valence-corrected chi connectivity index (χ0v) is 13.8. The minimum absolute atomic E-state index is 0.139. The Morgan fingerprint density at radius 2 is 1.33 bits per heavy atom. The van der Waals surface area contributed by atoms with Gasteiger partial charge in [0, 0.05) is 0 Å². The van der Waals surface area contributed by atoms with Crippen molar-refractivity contribution in [3.8, 4) is 0 Å². The fraction of sp³-hybridized carbons (Fsp3) is 0.333. The van der Waals surface area contributed by atoms with E-state index in [0.717, 1.165) is 13.1 Å². The monoisotopic (exact) mass is 299 g/mol. The first-order valence-electron chi connectivity index (χ1n) is 7.62. The van der Waals surface area contributed by atoms with E-state index in [9.17, 15) is 4.39 Å². The van der Waals surface area contributed by atoms with E-state index in [2.05, 4.69) is 43.1 Å². The van der Waals surface area contributed by atoms with Gasteiger partial charge in [0.2, 0.25) is 0 Å². The van der Waals surface area contributed by atoms with Crippen LogP contribution in [0.4, 0.5) is 4.39 Å². The first-order valence-corrected chi connectivity index (χ1v) is 10.0. The molecule has 1 aliphatic rings. The quantitative estimate of drug-likeness (QED) is 0.771. The molecule has 110 valence electrons. The van der Waals surface area contributed by atoms with Gasteiger partial charge in [-0.3, -0.25) is 0 Å². The van der Waals surface area contributed by atoms with Crippen LogP contribution in [0.1, 0.15) is 5.56 Å². The van der Waals surface area contributed by atoms with Gasteiger partial charge in [0.15, 0.2) is 0 Å². The largest absolute Gasteiger partial charge is 0.307 e. The minimum atomic E-state index is -1.73. The summed E-state index contributed by atoms with van der Waals surface area (Å²) < 4.78 is 13.3. The summed E-state index contributed by atoms with van der Waals surface area (Å²) in [6, 6.07) is 18.8. The molecule has 1 heterocycles. The first kappa shape index (κ1) is 14.5. The van der Waals surface area contributed by atoms with Crippen LogP contribution in [0.2, 0.25) is 12.1 Å². The summed E-state index contributed by atoms with van der Waals surface area (Å²) in [5.74, 6) is -0.139. The molecule has 2 aromatic carbocycles. The molecule has 3 rings (SSSR count). The van der Waals surface area contributed by atoms with E-state index in [1.165, 1.54) is 28.0 Å². The van der Waals surface area contributed by atoms with Gasteiger partial charge in [-0.15, -0.1) is 0 Å². The van der Waals surface area contributed by atoms with Crippen LogP contribution >= 0.6 is 0 Å². The summed E-state index contributed by atoms with van der Waals surface area (Å²) in [5, 5.41) is 2.87. The lowest BCUT2D eigenvalue weighted by molar-refractivity contribution is 0.357. The summed E-state index contributed by atoms with van der Waals surface area (Å²) >= 11 is 0. The molecule has 0 aliphatic carbocycles. The summed E-state index contributed by atoms with van der Waals surface area (Å²) in [6.45, 7) is 4.40. The highest BCUT2D eigenvalue weighted by Gasteiger charge is 2.39. The third-order valence-corrected chi connectivity index (χ3v) is 9.87. The number of hydrogen-bond donors (Lipinski definition) is 0. The van der Waals surface area contributed by atoms with Crippen LogP contribution in [0.15, 0.2) is 48.5 Å². The van der Waals surface area contributed by atoms with Gasteiger partial charge in [-0.05, 0) is 51.3 Å². The number of aryl methyl sites for hydroxylation is 1. The second-order valence-electron chi connectivity index (χ2n) is 6.26. The van der Waals surface area contributed by atoms with Crippen LogP contribution in [0, 0.1) is 12.7 Å². The van der Waals surface area contributed by atoms with Crippen molar-refractivity contribution in [2.45, 2.75) is 19.0 Å². The SMILES string of the molecule is Cc1ccc([Si]2(c3ccc(F)cc3)CCN(C)CC2)cc1. The third-order valence-electron chi connectivity index (χ3n) is 4.84. The Labute approximate surface area is 127 Å². The molecule has 0 N–H and O–H groups in total. The fourth-order valence-electron chi connectivity index (χ4n) is 3.39. The first-order chi connectivity index (χ1) is 10.1. The molecular weight excluding hydrogens is 277 g/mol. The molecule has 0 aromatic heterocycles. The molecule has 0 radical (unpaired) electrons. The summed E-state index contributed by atoms with van der Waals surface area (Å²) in [4.78, 5) is 2.41. The average molecular weight is 299 g/mol. The van der Waals surface area contributed by atoms with Gasteiger partial charge in [0.05, 0.1) is 0 Å². The Kier molecular flexibility index (Phi) is 3.96. The number of rotatable bonds is 2. The fourth-order valence-corrected chi connectivity index (χ4v) is 8.26. The van der Waals surface area contributed by atoms with Crippen LogP contribution in [-0.2, 0) is 0 Å². The van der Waals surface area contributed by atoms with Gasteiger partial charge in [-0.2, -0.15) is 0 Å². The van der Waals surface area contributed by atoms with Crippen LogP contribution in [0.3, 0.4) is 0 Å². The van der Waals surface area contributed by atoms with E-state index in [4.69, 9.17) is 0 Å². The van der Waals surface area contributed by atoms with Gasteiger partial charge in [-0.1, -0.05) is 52.3 Å². The van der Waals surface area contributed by atoms with Crippen molar-refractivity contribution in [1.82, 2.24) is 4.90 Å². The number of nitrogens with zero attached hydrogens (tertiary/aromatic N) is 1. The van der Waals surface area contributed by atoms with E-state index < -0.39 is 8.07 Å². The molecule has 1 aliphatic heterocycles. The zero-order chi connectivity index (χ0) is 14.9. The lowest BCUT2D eigenvalue weighted by Crippen LogP contribution is -2.62. The second-order valence-corrected chi connectivity index (χ2v) is 10.6. The average Bonchev–Trinajstić information content (AvgIpc) is 2.50. The predicted molar refractivity (Wildman–Crippen MR) is 89.7 cm³/mol. The Bertz CT molecular complexity index is 551. The van der Waals surface area contributed by atoms with Gasteiger partial charge >= 0.3 is 0 Å². The molecule has 21 heavy (non-hydrogen) atoms. The molecule has 1 saturated heterocycles. The van der Waals surface area contributed by atoms with Gasteiger partial charge in [-0.25, -0.2) is 4.39 Å². The zero-order valence-electron chi connectivity index (χ0n) is 12.8. The van der Waals surface area contributed by atoms with E-state index in [1.807, 2.05) is 12.1 Å². The standard InChI is InChI=1S/C18H22FNSi/c1-15-3-7-17(8-4-15)21(13-11-20(2)12-14-21)18-9-5-16(19)6-10-18/h3-10H,11-14H2,1-2H3. The van der Waals surface area contributed by atoms with Crippen molar-refractivity contribution in [2.75, 3.05) is 20.1 Å². The molecule has 0 unspecified atom stereocenters. The molecule has 0 bridgehead atoms. The molecule has 0 atom stereocenters. The van der Waals surface area contributed by atoms with E-state index in [1.54, 1.807) is 12.1 Å². The van der Waals surface area contributed by atoms with Gasteiger partial charge in [0.1, 0.15) is 13.9 Å². The third kappa shape index (κ3) is 2.81. The van der Waals surface area contributed by atoms with Crippen molar-refractivity contribution < 1.29 is 4.39 Å². The molecule has 0 amide bonds. The smallest absolute Gasteiger partial charge is 0.123 e.